The van der Waals surface area contributed by atoms with Crippen LogP contribution in [0.15, 0.2) is 48.5 Å². The molecule has 6 nitrogen and oxygen atoms in total. The number of nitrogens with zero attached hydrogens (tertiary/aromatic N) is 1. The van der Waals surface area contributed by atoms with Crippen molar-refractivity contribution in [3.63, 3.8) is 0 Å². The van der Waals surface area contributed by atoms with Crippen molar-refractivity contribution in [1.29, 1.82) is 0 Å². The highest BCUT2D eigenvalue weighted by Crippen LogP contribution is 2.22. The SMILES string of the molecule is Cc1ccccc1N(CCCC(=O)NCCOc1ccc(F)cc1)S(C)(=O)=O. The van der Waals surface area contributed by atoms with Gasteiger partial charge in [-0.3, -0.25) is 9.10 Å². The van der Waals surface area contributed by atoms with Crippen molar-refractivity contribution in [2.24, 2.45) is 0 Å². The maximum absolute atomic E-state index is 12.8. The quantitative estimate of drug-likeness (QED) is 0.614. The van der Waals surface area contributed by atoms with Gasteiger partial charge in [-0.05, 0) is 49.2 Å². The van der Waals surface area contributed by atoms with Gasteiger partial charge in [0, 0.05) is 13.0 Å². The standard InChI is InChI=1S/C20H25FN2O4S/c1-16-6-3-4-7-19(16)23(28(2,25)26)14-5-8-20(24)22-13-15-27-18-11-9-17(21)10-12-18/h3-4,6-7,9-12H,5,8,13-15H2,1-2H3,(H,22,24). The molecule has 0 heterocycles. The Labute approximate surface area is 165 Å². The molecule has 0 aliphatic heterocycles. The van der Waals surface area contributed by atoms with E-state index in [1.165, 1.54) is 28.6 Å². The molecule has 8 heteroatoms. The van der Waals surface area contributed by atoms with Crippen molar-refractivity contribution in [3.8, 4) is 5.75 Å². The molecule has 0 unspecified atom stereocenters. The number of amides is 1. The van der Waals surface area contributed by atoms with E-state index in [1.807, 2.05) is 19.1 Å². The molecule has 152 valence electrons. The van der Waals surface area contributed by atoms with Gasteiger partial charge in [-0.25, -0.2) is 12.8 Å². The van der Waals surface area contributed by atoms with Crippen LogP contribution in [-0.2, 0) is 14.8 Å². The summed E-state index contributed by atoms with van der Waals surface area (Å²) in [5.74, 6) is 0.00750. The minimum atomic E-state index is -3.44. The van der Waals surface area contributed by atoms with Crippen molar-refractivity contribution in [3.05, 3.63) is 59.9 Å². The Balaban J connectivity index is 1.75. The molecule has 0 radical (unpaired) electrons. The number of rotatable bonds is 10. The van der Waals surface area contributed by atoms with Crippen molar-refractivity contribution in [2.75, 3.05) is 30.3 Å². The lowest BCUT2D eigenvalue weighted by molar-refractivity contribution is -0.121. The van der Waals surface area contributed by atoms with Gasteiger partial charge < -0.3 is 10.1 Å². The van der Waals surface area contributed by atoms with Gasteiger partial charge in [0.1, 0.15) is 18.2 Å². The number of sulfonamides is 1. The Hall–Kier alpha value is -2.61. The minimum Gasteiger partial charge on any atom is -0.492 e. The summed E-state index contributed by atoms with van der Waals surface area (Å²) in [4.78, 5) is 11.9. The van der Waals surface area contributed by atoms with Crippen LogP contribution in [0.5, 0.6) is 5.75 Å². The fourth-order valence-corrected chi connectivity index (χ4v) is 3.69. The molecule has 0 fully saturated rings. The van der Waals surface area contributed by atoms with E-state index in [4.69, 9.17) is 4.74 Å². The number of hydrogen-bond donors (Lipinski definition) is 1. The number of ether oxygens (including phenoxy) is 1. The van der Waals surface area contributed by atoms with Crippen LogP contribution in [0.1, 0.15) is 18.4 Å². The molecule has 0 spiro atoms. The first-order chi connectivity index (χ1) is 13.3. The van der Waals surface area contributed by atoms with Crippen molar-refractivity contribution in [1.82, 2.24) is 5.32 Å². The van der Waals surface area contributed by atoms with Crippen LogP contribution in [0.2, 0.25) is 0 Å². The number of hydrogen-bond acceptors (Lipinski definition) is 4. The van der Waals surface area contributed by atoms with Crippen LogP contribution in [0, 0.1) is 12.7 Å². The van der Waals surface area contributed by atoms with Gasteiger partial charge in [0.05, 0.1) is 18.5 Å². The Morgan fingerprint density at radius 3 is 2.46 bits per heavy atom. The monoisotopic (exact) mass is 408 g/mol. The predicted molar refractivity (Wildman–Crippen MR) is 108 cm³/mol. The van der Waals surface area contributed by atoms with Crippen LogP contribution in [0.25, 0.3) is 0 Å². The molecule has 0 bridgehead atoms. The topological polar surface area (TPSA) is 75.7 Å². The summed E-state index contributed by atoms with van der Waals surface area (Å²) in [6, 6.07) is 12.9. The summed E-state index contributed by atoms with van der Waals surface area (Å²) in [6.45, 7) is 2.64. The maximum Gasteiger partial charge on any atom is 0.232 e. The number of carbonyl (C=O) groups is 1. The molecule has 0 aromatic heterocycles. The second kappa shape index (κ2) is 10.1. The summed E-state index contributed by atoms with van der Waals surface area (Å²) in [5.41, 5.74) is 1.48. The van der Waals surface area contributed by atoms with Gasteiger partial charge in [0.2, 0.25) is 15.9 Å². The summed E-state index contributed by atoms with van der Waals surface area (Å²) in [5, 5.41) is 2.72. The number of benzene rings is 2. The summed E-state index contributed by atoms with van der Waals surface area (Å²) >= 11 is 0. The zero-order valence-corrected chi connectivity index (χ0v) is 16.8. The van der Waals surface area contributed by atoms with E-state index in [2.05, 4.69) is 5.32 Å². The molecule has 0 aliphatic carbocycles. The molecule has 0 aliphatic rings. The molecule has 2 aromatic rings. The number of nitrogens with one attached hydrogen (secondary N) is 1. The normalized spacial score (nSPS) is 11.1. The highest BCUT2D eigenvalue weighted by Gasteiger charge is 2.18. The van der Waals surface area contributed by atoms with E-state index in [-0.39, 0.29) is 31.3 Å². The number of aryl methyl sites for hydroxylation is 1. The van der Waals surface area contributed by atoms with E-state index >= 15 is 0 Å². The van der Waals surface area contributed by atoms with Crippen molar-refractivity contribution >= 4 is 21.6 Å². The highest BCUT2D eigenvalue weighted by molar-refractivity contribution is 7.92. The average Bonchev–Trinajstić information content (AvgIpc) is 2.64. The lowest BCUT2D eigenvalue weighted by atomic mass is 10.2. The molecule has 0 atom stereocenters. The van der Waals surface area contributed by atoms with Gasteiger partial charge in [0.15, 0.2) is 0 Å². The molecule has 2 rings (SSSR count). The van der Waals surface area contributed by atoms with Crippen LogP contribution in [-0.4, -0.2) is 40.3 Å². The third-order valence-corrected chi connectivity index (χ3v) is 5.24. The Morgan fingerprint density at radius 1 is 1.14 bits per heavy atom. The molecule has 1 N–H and O–H groups in total. The number of halogens is 1. The van der Waals surface area contributed by atoms with Crippen LogP contribution in [0.4, 0.5) is 10.1 Å². The zero-order chi connectivity index (χ0) is 20.6. The summed E-state index contributed by atoms with van der Waals surface area (Å²) < 4.78 is 43.8. The highest BCUT2D eigenvalue weighted by atomic mass is 32.2. The summed E-state index contributed by atoms with van der Waals surface area (Å²) in [7, 11) is -3.44. The fraction of sp³-hybridized carbons (Fsp3) is 0.350. The first kappa shape index (κ1) is 21.7. The molecular weight excluding hydrogens is 383 g/mol. The molecule has 1 amide bonds. The number of para-hydroxylation sites is 1. The third-order valence-electron chi connectivity index (χ3n) is 4.06. The lowest BCUT2D eigenvalue weighted by Gasteiger charge is -2.24. The predicted octanol–water partition coefficient (Wildman–Crippen LogP) is 2.88. The van der Waals surface area contributed by atoms with E-state index < -0.39 is 10.0 Å². The third kappa shape index (κ3) is 6.84. The summed E-state index contributed by atoms with van der Waals surface area (Å²) in [6.07, 6.45) is 1.76. The fourth-order valence-electron chi connectivity index (χ4n) is 2.67. The lowest BCUT2D eigenvalue weighted by Crippen LogP contribution is -2.33. The largest absolute Gasteiger partial charge is 0.492 e. The molecule has 0 saturated heterocycles. The minimum absolute atomic E-state index is 0.180. The molecule has 2 aromatic carbocycles. The Morgan fingerprint density at radius 2 is 1.82 bits per heavy atom. The Kier molecular flexibility index (Phi) is 7.80. The van der Waals surface area contributed by atoms with Gasteiger partial charge in [0.25, 0.3) is 0 Å². The van der Waals surface area contributed by atoms with E-state index in [0.717, 1.165) is 11.8 Å². The van der Waals surface area contributed by atoms with E-state index in [1.54, 1.807) is 12.1 Å². The Bertz CT molecular complexity index is 885. The van der Waals surface area contributed by atoms with Crippen molar-refractivity contribution < 1.29 is 22.3 Å². The second-order valence-electron chi connectivity index (χ2n) is 6.38. The van der Waals surface area contributed by atoms with E-state index in [9.17, 15) is 17.6 Å². The number of anilines is 1. The van der Waals surface area contributed by atoms with Crippen molar-refractivity contribution in [2.45, 2.75) is 19.8 Å². The van der Waals surface area contributed by atoms with Gasteiger partial charge in [-0.1, -0.05) is 18.2 Å². The number of carbonyl (C=O) groups excluding carboxylic acids is 1. The van der Waals surface area contributed by atoms with Gasteiger partial charge in [-0.15, -0.1) is 0 Å². The van der Waals surface area contributed by atoms with Gasteiger partial charge in [-0.2, -0.15) is 0 Å². The first-order valence-electron chi connectivity index (χ1n) is 8.96. The second-order valence-corrected chi connectivity index (χ2v) is 8.28. The van der Waals surface area contributed by atoms with Crippen LogP contribution >= 0.6 is 0 Å². The average molecular weight is 408 g/mol. The smallest absolute Gasteiger partial charge is 0.232 e. The van der Waals surface area contributed by atoms with E-state index in [0.29, 0.717) is 24.4 Å². The van der Waals surface area contributed by atoms with Crippen LogP contribution < -0.4 is 14.4 Å². The maximum atomic E-state index is 12.8. The molecule has 28 heavy (non-hydrogen) atoms. The molecular formula is C20H25FN2O4S. The molecule has 0 saturated carbocycles. The van der Waals surface area contributed by atoms with Gasteiger partial charge >= 0.3 is 0 Å². The van der Waals surface area contributed by atoms with Crippen LogP contribution in [0.3, 0.4) is 0 Å². The first-order valence-corrected chi connectivity index (χ1v) is 10.8. The zero-order valence-electron chi connectivity index (χ0n) is 16.0.